The van der Waals surface area contributed by atoms with Crippen molar-refractivity contribution in [1.29, 1.82) is 0 Å². The molecule has 2 amide bonds. The molecule has 0 fully saturated rings. The standard InChI is InChI=1S/C28H32F3N3O3/c1-3-37-17-9-16-33(27(36)23-12-7-13-24(18-23)28(29,30)31)21-26(35)34(19-22-10-5-4-6-11-22)20-25-14-8-15-32(25)2/h4-8,10-15,18H,3,9,16-17,19-21H2,1-2H3. The molecule has 0 atom stereocenters. The molecule has 0 radical (unpaired) electrons. The number of nitrogens with zero attached hydrogens (tertiary/aromatic N) is 3. The number of aryl methyl sites for hydroxylation is 1. The minimum atomic E-state index is -4.58. The highest BCUT2D eigenvalue weighted by atomic mass is 19.4. The number of hydrogen-bond donors (Lipinski definition) is 0. The van der Waals surface area contributed by atoms with Crippen molar-refractivity contribution in [1.82, 2.24) is 14.4 Å². The zero-order valence-corrected chi connectivity index (χ0v) is 21.1. The van der Waals surface area contributed by atoms with Gasteiger partial charge in [-0.2, -0.15) is 13.2 Å². The fraction of sp³-hybridized carbons (Fsp3) is 0.357. The summed E-state index contributed by atoms with van der Waals surface area (Å²) in [5.74, 6) is -0.934. The Kier molecular flexibility index (Phi) is 9.91. The molecule has 6 nitrogen and oxygen atoms in total. The Labute approximate surface area is 215 Å². The van der Waals surface area contributed by atoms with Crippen LogP contribution in [0.15, 0.2) is 72.9 Å². The second-order valence-corrected chi connectivity index (χ2v) is 8.70. The molecule has 3 aromatic rings. The van der Waals surface area contributed by atoms with Crippen LogP contribution in [0.4, 0.5) is 13.2 Å². The first-order chi connectivity index (χ1) is 17.7. The second kappa shape index (κ2) is 13.1. The highest BCUT2D eigenvalue weighted by Gasteiger charge is 2.31. The molecule has 1 aromatic heterocycles. The Morgan fingerprint density at radius 3 is 2.35 bits per heavy atom. The van der Waals surface area contributed by atoms with Crippen LogP contribution in [-0.2, 0) is 35.8 Å². The van der Waals surface area contributed by atoms with Gasteiger partial charge in [-0.25, -0.2) is 0 Å². The van der Waals surface area contributed by atoms with E-state index in [9.17, 15) is 22.8 Å². The van der Waals surface area contributed by atoms with Crippen LogP contribution in [0.2, 0.25) is 0 Å². The van der Waals surface area contributed by atoms with E-state index in [2.05, 4.69) is 0 Å². The molecule has 0 unspecified atom stereocenters. The molecule has 9 heteroatoms. The minimum absolute atomic E-state index is 0.115. The van der Waals surface area contributed by atoms with E-state index >= 15 is 0 Å². The molecule has 0 N–H and O–H groups in total. The summed E-state index contributed by atoms with van der Waals surface area (Å²) in [6.45, 7) is 3.27. The number of halogens is 3. The van der Waals surface area contributed by atoms with Crippen molar-refractivity contribution in [3.8, 4) is 0 Å². The maximum atomic E-state index is 13.6. The molecule has 0 aliphatic heterocycles. The topological polar surface area (TPSA) is 54.8 Å². The quantitative estimate of drug-likeness (QED) is 0.314. The van der Waals surface area contributed by atoms with Crippen molar-refractivity contribution in [2.24, 2.45) is 7.05 Å². The van der Waals surface area contributed by atoms with Gasteiger partial charge in [-0.15, -0.1) is 0 Å². The summed E-state index contributed by atoms with van der Waals surface area (Å²) < 4.78 is 47.0. The number of carbonyl (C=O) groups excluding carboxylic acids is 2. The summed E-state index contributed by atoms with van der Waals surface area (Å²) >= 11 is 0. The fourth-order valence-corrected chi connectivity index (χ4v) is 3.92. The molecule has 0 aliphatic carbocycles. The van der Waals surface area contributed by atoms with Gasteiger partial charge < -0.3 is 19.1 Å². The zero-order valence-electron chi connectivity index (χ0n) is 21.1. The van der Waals surface area contributed by atoms with Gasteiger partial charge in [0.1, 0.15) is 6.54 Å². The van der Waals surface area contributed by atoms with Gasteiger partial charge in [-0.3, -0.25) is 9.59 Å². The number of alkyl halides is 3. The van der Waals surface area contributed by atoms with E-state index in [1.807, 2.05) is 67.2 Å². The molecule has 0 aliphatic rings. The lowest BCUT2D eigenvalue weighted by Gasteiger charge is -2.28. The van der Waals surface area contributed by atoms with Gasteiger partial charge in [0.2, 0.25) is 5.91 Å². The normalized spacial score (nSPS) is 11.4. The number of carbonyl (C=O) groups is 2. The smallest absolute Gasteiger partial charge is 0.382 e. The molecular weight excluding hydrogens is 483 g/mol. The Morgan fingerprint density at radius 2 is 1.70 bits per heavy atom. The monoisotopic (exact) mass is 515 g/mol. The highest BCUT2D eigenvalue weighted by molar-refractivity contribution is 5.96. The maximum Gasteiger partial charge on any atom is 0.416 e. The van der Waals surface area contributed by atoms with Crippen molar-refractivity contribution in [3.05, 3.63) is 95.3 Å². The van der Waals surface area contributed by atoms with Crippen LogP contribution in [0.1, 0.15) is 40.5 Å². The SMILES string of the molecule is CCOCCCN(CC(=O)N(Cc1ccccc1)Cc1cccn1C)C(=O)c1cccc(C(F)(F)F)c1. The van der Waals surface area contributed by atoms with Crippen LogP contribution in [0.3, 0.4) is 0 Å². The van der Waals surface area contributed by atoms with Crippen LogP contribution < -0.4 is 0 Å². The fourth-order valence-electron chi connectivity index (χ4n) is 3.92. The maximum absolute atomic E-state index is 13.6. The van der Waals surface area contributed by atoms with Crippen molar-refractivity contribution >= 4 is 11.8 Å². The summed E-state index contributed by atoms with van der Waals surface area (Å²) in [6, 6.07) is 17.6. The third-order valence-electron chi connectivity index (χ3n) is 5.94. The number of benzene rings is 2. The van der Waals surface area contributed by atoms with Gasteiger partial charge in [0.25, 0.3) is 5.91 Å². The van der Waals surface area contributed by atoms with E-state index in [0.717, 1.165) is 23.4 Å². The molecule has 3 rings (SSSR count). The molecule has 37 heavy (non-hydrogen) atoms. The average molecular weight is 516 g/mol. The average Bonchev–Trinajstić information content (AvgIpc) is 3.29. The van der Waals surface area contributed by atoms with Crippen LogP contribution in [0.5, 0.6) is 0 Å². The second-order valence-electron chi connectivity index (χ2n) is 8.70. The molecule has 1 heterocycles. The predicted octanol–water partition coefficient (Wildman–Crippen LogP) is 5.14. The first kappa shape index (κ1) is 28.0. The van der Waals surface area contributed by atoms with Gasteiger partial charge in [-0.05, 0) is 49.2 Å². The molecular formula is C28H32F3N3O3. The summed E-state index contributed by atoms with van der Waals surface area (Å²) in [5.41, 5.74) is 0.818. The largest absolute Gasteiger partial charge is 0.416 e. The van der Waals surface area contributed by atoms with Crippen molar-refractivity contribution in [3.63, 3.8) is 0 Å². The molecule has 0 bridgehead atoms. The first-order valence-corrected chi connectivity index (χ1v) is 12.1. The Bertz CT molecular complexity index is 1160. The van der Waals surface area contributed by atoms with E-state index < -0.39 is 17.6 Å². The Balaban J connectivity index is 1.84. The van der Waals surface area contributed by atoms with E-state index in [1.54, 1.807) is 4.90 Å². The van der Waals surface area contributed by atoms with Crippen LogP contribution in [0.25, 0.3) is 0 Å². The predicted molar refractivity (Wildman–Crippen MR) is 135 cm³/mol. The van der Waals surface area contributed by atoms with Crippen molar-refractivity contribution in [2.75, 3.05) is 26.3 Å². The minimum Gasteiger partial charge on any atom is -0.382 e. The number of rotatable bonds is 12. The van der Waals surface area contributed by atoms with E-state index in [4.69, 9.17) is 4.74 Å². The third kappa shape index (κ3) is 8.21. The number of ether oxygens (including phenoxy) is 1. The van der Waals surface area contributed by atoms with Crippen LogP contribution in [0, 0.1) is 0 Å². The lowest BCUT2D eigenvalue weighted by molar-refractivity contribution is -0.137. The summed E-state index contributed by atoms with van der Waals surface area (Å²) in [4.78, 5) is 29.8. The summed E-state index contributed by atoms with van der Waals surface area (Å²) in [7, 11) is 1.89. The zero-order chi connectivity index (χ0) is 26.8. The first-order valence-electron chi connectivity index (χ1n) is 12.1. The summed E-state index contributed by atoms with van der Waals surface area (Å²) in [5, 5.41) is 0. The molecule has 0 saturated heterocycles. The Morgan fingerprint density at radius 1 is 0.946 bits per heavy atom. The van der Waals surface area contributed by atoms with Gasteiger partial charge in [-0.1, -0.05) is 36.4 Å². The number of aromatic nitrogens is 1. The lowest BCUT2D eigenvalue weighted by Crippen LogP contribution is -2.43. The van der Waals surface area contributed by atoms with E-state index in [0.29, 0.717) is 32.7 Å². The highest BCUT2D eigenvalue weighted by Crippen LogP contribution is 2.29. The molecule has 2 aromatic carbocycles. The van der Waals surface area contributed by atoms with Gasteiger partial charge >= 0.3 is 6.18 Å². The van der Waals surface area contributed by atoms with Gasteiger partial charge in [0, 0.05) is 50.8 Å². The number of hydrogen-bond acceptors (Lipinski definition) is 3. The van der Waals surface area contributed by atoms with Crippen molar-refractivity contribution < 1.29 is 27.5 Å². The van der Waals surface area contributed by atoms with Crippen LogP contribution >= 0.6 is 0 Å². The number of amides is 2. The van der Waals surface area contributed by atoms with E-state index in [-0.39, 0.29) is 24.6 Å². The van der Waals surface area contributed by atoms with Gasteiger partial charge in [0.05, 0.1) is 12.1 Å². The van der Waals surface area contributed by atoms with E-state index in [1.165, 1.54) is 17.0 Å². The van der Waals surface area contributed by atoms with Crippen molar-refractivity contribution in [2.45, 2.75) is 32.6 Å². The molecule has 0 saturated carbocycles. The molecule has 198 valence electrons. The Hall–Kier alpha value is -3.59. The van der Waals surface area contributed by atoms with Crippen LogP contribution in [-0.4, -0.2) is 52.5 Å². The lowest BCUT2D eigenvalue weighted by atomic mass is 10.1. The van der Waals surface area contributed by atoms with Gasteiger partial charge in [0.15, 0.2) is 0 Å². The molecule has 0 spiro atoms. The summed E-state index contributed by atoms with van der Waals surface area (Å²) in [6.07, 6.45) is -2.24. The third-order valence-corrected chi connectivity index (χ3v) is 5.94.